The van der Waals surface area contributed by atoms with Crippen molar-refractivity contribution in [1.29, 1.82) is 0 Å². The Hall–Kier alpha value is -0.350. The van der Waals surface area contributed by atoms with E-state index in [-0.39, 0.29) is 0 Å². The fraction of sp³-hybridized carbons (Fsp3) is 0.824. The first kappa shape index (κ1) is 17.0. The van der Waals surface area contributed by atoms with E-state index in [2.05, 4.69) is 58.7 Å². The molecule has 1 saturated carbocycles. The molecule has 0 radical (unpaired) electrons. The topological polar surface area (TPSA) is 29.9 Å². The van der Waals surface area contributed by atoms with Gasteiger partial charge in [-0.15, -0.1) is 0 Å². The summed E-state index contributed by atoms with van der Waals surface area (Å²) in [5.74, 6) is 2.18. The maximum absolute atomic E-state index is 4.60. The Labute approximate surface area is 138 Å². The lowest BCUT2D eigenvalue weighted by atomic mass is 9.73. The van der Waals surface area contributed by atoms with Gasteiger partial charge in [-0.3, -0.25) is 4.68 Å². The molecule has 2 rings (SSSR count). The molecule has 1 heterocycles. The lowest BCUT2D eigenvalue weighted by Gasteiger charge is -2.36. The van der Waals surface area contributed by atoms with Gasteiger partial charge in [-0.25, -0.2) is 0 Å². The van der Waals surface area contributed by atoms with E-state index in [1.54, 1.807) is 0 Å². The van der Waals surface area contributed by atoms with Gasteiger partial charge in [0, 0.05) is 12.0 Å². The molecule has 1 aliphatic rings. The van der Waals surface area contributed by atoms with E-state index in [1.807, 2.05) is 6.20 Å². The molecular formula is C17H30BrN3. The Morgan fingerprint density at radius 2 is 2.19 bits per heavy atom. The minimum Gasteiger partial charge on any atom is -0.316 e. The zero-order valence-electron chi connectivity index (χ0n) is 13.9. The van der Waals surface area contributed by atoms with Crippen LogP contribution in [-0.4, -0.2) is 22.9 Å². The van der Waals surface area contributed by atoms with E-state index < -0.39 is 0 Å². The average Bonchev–Trinajstić information content (AvgIpc) is 2.82. The van der Waals surface area contributed by atoms with Crippen LogP contribution in [0.25, 0.3) is 0 Å². The maximum Gasteiger partial charge on any atom is 0.0635 e. The first-order valence-corrected chi connectivity index (χ1v) is 9.27. The molecule has 0 amide bonds. The molecule has 4 heteroatoms. The number of nitrogens with one attached hydrogen (secondary N) is 1. The molecule has 0 aromatic carbocycles. The molecule has 1 aromatic heterocycles. The molecule has 3 unspecified atom stereocenters. The summed E-state index contributed by atoms with van der Waals surface area (Å²) in [6, 6.07) is 0.424. The van der Waals surface area contributed by atoms with E-state index in [1.165, 1.54) is 35.8 Å². The van der Waals surface area contributed by atoms with Crippen molar-refractivity contribution in [2.45, 2.75) is 65.3 Å². The van der Waals surface area contributed by atoms with Crippen LogP contribution in [0.2, 0.25) is 0 Å². The highest BCUT2D eigenvalue weighted by Gasteiger charge is 2.33. The molecule has 1 aliphatic carbocycles. The van der Waals surface area contributed by atoms with Crippen LogP contribution in [0, 0.1) is 11.8 Å². The number of halogens is 1. The van der Waals surface area contributed by atoms with Crippen LogP contribution in [0.3, 0.4) is 0 Å². The molecule has 1 N–H and O–H groups in total. The third kappa shape index (κ3) is 4.10. The van der Waals surface area contributed by atoms with Crippen molar-refractivity contribution >= 4 is 15.9 Å². The summed E-state index contributed by atoms with van der Waals surface area (Å²) in [6.45, 7) is 11.3. The second kappa shape index (κ2) is 7.77. The van der Waals surface area contributed by atoms with Crippen molar-refractivity contribution in [1.82, 2.24) is 15.1 Å². The molecule has 1 aromatic rings. The lowest BCUT2D eigenvalue weighted by molar-refractivity contribution is 0.230. The zero-order valence-corrected chi connectivity index (χ0v) is 15.5. The Morgan fingerprint density at radius 1 is 1.43 bits per heavy atom. The van der Waals surface area contributed by atoms with Crippen LogP contribution in [-0.2, 0) is 0 Å². The molecular weight excluding hydrogens is 326 g/mol. The normalized spacial score (nSPS) is 26.5. The maximum atomic E-state index is 4.60. The first-order valence-electron chi connectivity index (χ1n) is 8.48. The highest BCUT2D eigenvalue weighted by molar-refractivity contribution is 9.10. The third-order valence-corrected chi connectivity index (χ3v) is 5.33. The van der Waals surface area contributed by atoms with Gasteiger partial charge in [0.15, 0.2) is 0 Å². The number of nitrogens with zero attached hydrogens (tertiary/aromatic N) is 2. The second-order valence-corrected chi connectivity index (χ2v) is 7.76. The standard InChI is InChI=1S/C17H30BrN3/c1-5-8-19-10-14-7-6-13(4)9-15(14)17-16(18)11-20-21(17)12(2)3/h11-15,19H,5-10H2,1-4H3. The summed E-state index contributed by atoms with van der Waals surface area (Å²) in [6.07, 6.45) is 7.17. The molecule has 120 valence electrons. The van der Waals surface area contributed by atoms with E-state index in [0.717, 1.165) is 24.9 Å². The second-order valence-electron chi connectivity index (χ2n) is 6.90. The van der Waals surface area contributed by atoms with Crippen LogP contribution in [0.5, 0.6) is 0 Å². The fourth-order valence-electron chi connectivity index (χ4n) is 3.60. The molecule has 3 atom stereocenters. The van der Waals surface area contributed by atoms with Gasteiger partial charge >= 0.3 is 0 Å². The number of rotatable bonds is 6. The predicted octanol–water partition coefficient (Wildman–Crippen LogP) is 4.75. The van der Waals surface area contributed by atoms with Crippen LogP contribution in [0.4, 0.5) is 0 Å². The SMILES string of the molecule is CCCNCC1CCC(C)CC1c1c(Br)cnn1C(C)C. The van der Waals surface area contributed by atoms with Gasteiger partial charge in [0.05, 0.1) is 16.4 Å². The van der Waals surface area contributed by atoms with Crippen molar-refractivity contribution in [3.05, 3.63) is 16.4 Å². The van der Waals surface area contributed by atoms with E-state index >= 15 is 0 Å². The van der Waals surface area contributed by atoms with Crippen molar-refractivity contribution < 1.29 is 0 Å². The Kier molecular flexibility index (Phi) is 6.30. The lowest BCUT2D eigenvalue weighted by Crippen LogP contribution is -2.33. The zero-order chi connectivity index (χ0) is 15.4. The number of aromatic nitrogens is 2. The molecule has 1 fully saturated rings. The summed E-state index contributed by atoms with van der Waals surface area (Å²) < 4.78 is 3.41. The van der Waals surface area contributed by atoms with Crippen molar-refractivity contribution in [3.8, 4) is 0 Å². The van der Waals surface area contributed by atoms with Crippen LogP contribution in [0.15, 0.2) is 10.7 Å². The van der Waals surface area contributed by atoms with Crippen molar-refractivity contribution in [2.75, 3.05) is 13.1 Å². The Balaban J connectivity index is 2.21. The Bertz CT molecular complexity index is 441. The van der Waals surface area contributed by atoms with Gasteiger partial charge in [0.2, 0.25) is 0 Å². The number of hydrogen-bond acceptors (Lipinski definition) is 2. The highest BCUT2D eigenvalue weighted by atomic mass is 79.9. The summed E-state index contributed by atoms with van der Waals surface area (Å²) in [5, 5.41) is 8.23. The summed E-state index contributed by atoms with van der Waals surface area (Å²) >= 11 is 3.75. The molecule has 0 aliphatic heterocycles. The van der Waals surface area contributed by atoms with Crippen LogP contribution < -0.4 is 5.32 Å². The van der Waals surface area contributed by atoms with E-state index in [4.69, 9.17) is 0 Å². The van der Waals surface area contributed by atoms with Crippen molar-refractivity contribution in [3.63, 3.8) is 0 Å². The monoisotopic (exact) mass is 355 g/mol. The van der Waals surface area contributed by atoms with Gasteiger partial charge < -0.3 is 5.32 Å². The fourth-order valence-corrected chi connectivity index (χ4v) is 4.16. The summed E-state index contributed by atoms with van der Waals surface area (Å²) in [5.41, 5.74) is 1.42. The first-order chi connectivity index (χ1) is 10.0. The quantitative estimate of drug-likeness (QED) is 0.746. The molecule has 0 spiro atoms. The van der Waals surface area contributed by atoms with Gasteiger partial charge in [-0.2, -0.15) is 5.10 Å². The van der Waals surface area contributed by atoms with Gasteiger partial charge in [-0.1, -0.05) is 20.3 Å². The van der Waals surface area contributed by atoms with Gasteiger partial charge in [0.1, 0.15) is 0 Å². The third-order valence-electron chi connectivity index (χ3n) is 4.72. The molecule has 21 heavy (non-hydrogen) atoms. The van der Waals surface area contributed by atoms with Gasteiger partial charge in [-0.05, 0) is 74.0 Å². The summed E-state index contributed by atoms with van der Waals surface area (Å²) in [7, 11) is 0. The van der Waals surface area contributed by atoms with E-state index in [9.17, 15) is 0 Å². The molecule has 3 nitrogen and oxygen atoms in total. The molecule has 0 saturated heterocycles. The highest BCUT2D eigenvalue weighted by Crippen LogP contribution is 2.43. The Morgan fingerprint density at radius 3 is 2.86 bits per heavy atom. The van der Waals surface area contributed by atoms with Gasteiger partial charge in [0.25, 0.3) is 0 Å². The minimum atomic E-state index is 0.424. The van der Waals surface area contributed by atoms with Crippen molar-refractivity contribution in [2.24, 2.45) is 11.8 Å². The van der Waals surface area contributed by atoms with E-state index in [0.29, 0.717) is 12.0 Å². The van der Waals surface area contributed by atoms with Crippen LogP contribution >= 0.6 is 15.9 Å². The van der Waals surface area contributed by atoms with Crippen LogP contribution in [0.1, 0.15) is 71.0 Å². The summed E-state index contributed by atoms with van der Waals surface area (Å²) in [4.78, 5) is 0. The average molecular weight is 356 g/mol. The molecule has 0 bridgehead atoms. The predicted molar refractivity (Wildman–Crippen MR) is 92.7 cm³/mol. The smallest absolute Gasteiger partial charge is 0.0635 e. The minimum absolute atomic E-state index is 0.424. The number of hydrogen-bond donors (Lipinski definition) is 1. The largest absolute Gasteiger partial charge is 0.316 e.